The van der Waals surface area contributed by atoms with Gasteiger partial charge in [-0.05, 0) is 77.9 Å². The quantitative estimate of drug-likeness (QED) is 0.529. The average Bonchev–Trinajstić information content (AvgIpc) is 3.44. The summed E-state index contributed by atoms with van der Waals surface area (Å²) in [6.07, 6.45) is 2.93. The maximum Gasteiger partial charge on any atom is 0.291 e. The zero-order chi connectivity index (χ0) is 21.1. The molecule has 0 aliphatic rings. The number of aromatic nitrogens is 4. The highest BCUT2D eigenvalue weighted by Crippen LogP contribution is 2.21. The summed E-state index contributed by atoms with van der Waals surface area (Å²) in [6.45, 7) is 3.75. The molecular formula is C21H18N6O3. The fourth-order valence-corrected chi connectivity index (χ4v) is 2.95. The van der Waals surface area contributed by atoms with Crippen molar-refractivity contribution in [3.63, 3.8) is 0 Å². The Kier molecular flexibility index (Phi) is 5.08. The molecule has 0 bridgehead atoms. The van der Waals surface area contributed by atoms with E-state index < -0.39 is 0 Å². The molecule has 30 heavy (non-hydrogen) atoms. The summed E-state index contributed by atoms with van der Waals surface area (Å²) < 4.78 is 6.66. The summed E-state index contributed by atoms with van der Waals surface area (Å²) in [6, 6.07) is 13.8. The lowest BCUT2D eigenvalue weighted by Crippen LogP contribution is -2.15. The number of nitrogens with zero attached hydrogens (tertiary/aromatic N) is 4. The Morgan fingerprint density at radius 1 is 0.967 bits per heavy atom. The van der Waals surface area contributed by atoms with Crippen LogP contribution in [0, 0.1) is 13.8 Å². The molecule has 0 spiro atoms. The SMILES string of the molecule is Cc1ccc(C(=O)Nc2ccc(-n3cnnn3)c(C)c2)cc1NC(=O)c1ccco1. The minimum Gasteiger partial charge on any atom is -0.459 e. The number of furan rings is 1. The number of rotatable bonds is 5. The maximum absolute atomic E-state index is 12.7. The van der Waals surface area contributed by atoms with Gasteiger partial charge in [0.15, 0.2) is 5.76 Å². The van der Waals surface area contributed by atoms with E-state index in [1.165, 1.54) is 12.6 Å². The third-order valence-electron chi connectivity index (χ3n) is 4.54. The highest BCUT2D eigenvalue weighted by Gasteiger charge is 2.14. The first-order chi connectivity index (χ1) is 14.5. The molecule has 2 amide bonds. The smallest absolute Gasteiger partial charge is 0.291 e. The molecule has 150 valence electrons. The Morgan fingerprint density at radius 2 is 1.83 bits per heavy atom. The second-order valence-corrected chi connectivity index (χ2v) is 6.67. The van der Waals surface area contributed by atoms with Crippen molar-refractivity contribution >= 4 is 23.2 Å². The first-order valence-electron chi connectivity index (χ1n) is 9.12. The summed E-state index contributed by atoms with van der Waals surface area (Å²) >= 11 is 0. The molecule has 0 fully saturated rings. The molecular weight excluding hydrogens is 384 g/mol. The zero-order valence-electron chi connectivity index (χ0n) is 16.3. The number of anilines is 2. The molecule has 2 N–H and O–H groups in total. The number of carbonyl (C=O) groups is 2. The van der Waals surface area contributed by atoms with Gasteiger partial charge in [0.05, 0.1) is 12.0 Å². The Morgan fingerprint density at radius 3 is 2.53 bits per heavy atom. The van der Waals surface area contributed by atoms with E-state index in [-0.39, 0.29) is 17.6 Å². The van der Waals surface area contributed by atoms with Crippen LogP contribution < -0.4 is 10.6 Å². The van der Waals surface area contributed by atoms with E-state index in [0.717, 1.165) is 16.8 Å². The largest absolute Gasteiger partial charge is 0.459 e. The molecule has 0 saturated heterocycles. The Labute approximate surface area is 171 Å². The molecule has 0 aliphatic carbocycles. The first kappa shape index (κ1) is 19.1. The molecule has 9 heteroatoms. The minimum atomic E-state index is -0.380. The maximum atomic E-state index is 12.7. The first-order valence-corrected chi connectivity index (χ1v) is 9.12. The van der Waals surface area contributed by atoms with Crippen LogP contribution in [-0.2, 0) is 0 Å². The third-order valence-corrected chi connectivity index (χ3v) is 4.54. The van der Waals surface area contributed by atoms with Gasteiger partial charge in [-0.25, -0.2) is 4.68 Å². The lowest BCUT2D eigenvalue weighted by atomic mass is 10.1. The van der Waals surface area contributed by atoms with Gasteiger partial charge in [0.2, 0.25) is 0 Å². The molecule has 2 aromatic heterocycles. The van der Waals surface area contributed by atoms with E-state index in [9.17, 15) is 9.59 Å². The van der Waals surface area contributed by atoms with Crippen LogP contribution in [0.4, 0.5) is 11.4 Å². The van der Waals surface area contributed by atoms with Gasteiger partial charge in [-0.2, -0.15) is 0 Å². The van der Waals surface area contributed by atoms with Crippen LogP contribution in [0.25, 0.3) is 5.69 Å². The van der Waals surface area contributed by atoms with Crippen LogP contribution in [0.2, 0.25) is 0 Å². The average molecular weight is 402 g/mol. The minimum absolute atomic E-state index is 0.197. The van der Waals surface area contributed by atoms with Crippen LogP contribution in [0.1, 0.15) is 32.0 Å². The fraction of sp³-hybridized carbons (Fsp3) is 0.0952. The van der Waals surface area contributed by atoms with E-state index in [0.29, 0.717) is 16.9 Å². The van der Waals surface area contributed by atoms with Crippen molar-refractivity contribution in [1.29, 1.82) is 0 Å². The lowest BCUT2D eigenvalue weighted by Gasteiger charge is -2.12. The second-order valence-electron chi connectivity index (χ2n) is 6.67. The summed E-state index contributed by atoms with van der Waals surface area (Å²) in [7, 11) is 0. The Hall–Kier alpha value is -4.27. The normalized spacial score (nSPS) is 10.6. The number of hydrogen-bond acceptors (Lipinski definition) is 6. The molecule has 0 atom stereocenters. The molecule has 0 radical (unpaired) electrons. The van der Waals surface area contributed by atoms with Crippen LogP contribution in [0.3, 0.4) is 0 Å². The highest BCUT2D eigenvalue weighted by molar-refractivity contribution is 6.07. The number of nitrogens with one attached hydrogen (secondary N) is 2. The van der Waals surface area contributed by atoms with E-state index >= 15 is 0 Å². The van der Waals surface area contributed by atoms with Crippen molar-refractivity contribution in [1.82, 2.24) is 20.2 Å². The van der Waals surface area contributed by atoms with Crippen LogP contribution in [-0.4, -0.2) is 32.0 Å². The van der Waals surface area contributed by atoms with Crippen molar-refractivity contribution < 1.29 is 14.0 Å². The van der Waals surface area contributed by atoms with Gasteiger partial charge in [-0.1, -0.05) is 6.07 Å². The van der Waals surface area contributed by atoms with E-state index in [1.807, 2.05) is 26.0 Å². The molecule has 4 aromatic rings. The van der Waals surface area contributed by atoms with E-state index in [1.54, 1.807) is 41.1 Å². The molecule has 9 nitrogen and oxygen atoms in total. The van der Waals surface area contributed by atoms with Crippen molar-refractivity contribution in [2.75, 3.05) is 10.6 Å². The highest BCUT2D eigenvalue weighted by atomic mass is 16.3. The van der Waals surface area contributed by atoms with Crippen LogP contribution in [0.15, 0.2) is 65.5 Å². The number of carbonyl (C=O) groups excluding carboxylic acids is 2. The molecule has 2 heterocycles. The topological polar surface area (TPSA) is 115 Å². The van der Waals surface area contributed by atoms with Crippen molar-refractivity contribution in [2.24, 2.45) is 0 Å². The van der Waals surface area contributed by atoms with Crippen molar-refractivity contribution in [3.8, 4) is 5.69 Å². The fourth-order valence-electron chi connectivity index (χ4n) is 2.95. The Balaban J connectivity index is 1.51. The summed E-state index contributed by atoms with van der Waals surface area (Å²) in [4.78, 5) is 25.0. The van der Waals surface area contributed by atoms with Crippen LogP contribution >= 0.6 is 0 Å². The van der Waals surface area contributed by atoms with Crippen molar-refractivity contribution in [3.05, 3.63) is 83.6 Å². The number of tetrazole rings is 1. The monoisotopic (exact) mass is 402 g/mol. The van der Waals surface area contributed by atoms with Gasteiger partial charge in [0.25, 0.3) is 11.8 Å². The standard InChI is InChI=1S/C21H18N6O3/c1-13-5-6-15(11-17(13)24-21(29)19-4-3-9-30-19)20(28)23-16-7-8-18(14(2)10-16)27-12-22-25-26-27/h3-12H,1-2H3,(H,23,28)(H,24,29). The molecule has 0 unspecified atom stereocenters. The number of hydrogen-bond donors (Lipinski definition) is 2. The predicted octanol–water partition coefficient (Wildman–Crippen LogP) is 3.38. The zero-order valence-corrected chi connectivity index (χ0v) is 16.3. The second kappa shape index (κ2) is 8.00. The van der Waals surface area contributed by atoms with Gasteiger partial charge in [-0.3, -0.25) is 9.59 Å². The van der Waals surface area contributed by atoms with Gasteiger partial charge in [0.1, 0.15) is 6.33 Å². The van der Waals surface area contributed by atoms with Gasteiger partial charge >= 0.3 is 0 Å². The van der Waals surface area contributed by atoms with Gasteiger partial charge in [0, 0.05) is 16.9 Å². The van der Waals surface area contributed by atoms with Crippen molar-refractivity contribution in [2.45, 2.75) is 13.8 Å². The predicted molar refractivity (Wildman–Crippen MR) is 110 cm³/mol. The summed E-state index contributed by atoms with van der Waals surface area (Å²) in [5, 5.41) is 16.8. The van der Waals surface area contributed by atoms with E-state index in [4.69, 9.17) is 4.42 Å². The molecule has 0 saturated carbocycles. The Bertz CT molecular complexity index is 1200. The third kappa shape index (κ3) is 3.95. The number of aryl methyl sites for hydroxylation is 2. The molecule has 0 aliphatic heterocycles. The summed E-state index contributed by atoms with van der Waals surface area (Å²) in [5.41, 5.74) is 4.13. The number of amides is 2. The lowest BCUT2D eigenvalue weighted by molar-refractivity contribution is 0.0993. The number of benzene rings is 2. The summed E-state index contributed by atoms with van der Waals surface area (Å²) in [5.74, 6) is -0.477. The van der Waals surface area contributed by atoms with E-state index in [2.05, 4.69) is 26.2 Å². The van der Waals surface area contributed by atoms with Crippen LogP contribution in [0.5, 0.6) is 0 Å². The molecule has 2 aromatic carbocycles. The van der Waals surface area contributed by atoms with Gasteiger partial charge in [-0.15, -0.1) is 5.10 Å². The van der Waals surface area contributed by atoms with Gasteiger partial charge < -0.3 is 15.1 Å². The molecule has 4 rings (SSSR count).